The zero-order valence-corrected chi connectivity index (χ0v) is 12.4. The molecule has 3 rings (SSSR count). The van der Waals surface area contributed by atoms with Gasteiger partial charge in [0.25, 0.3) is 0 Å². The summed E-state index contributed by atoms with van der Waals surface area (Å²) in [4.78, 5) is 2.36. The highest BCUT2D eigenvalue weighted by Crippen LogP contribution is 2.29. The van der Waals surface area contributed by atoms with Gasteiger partial charge < -0.3 is 4.90 Å². The van der Waals surface area contributed by atoms with E-state index < -0.39 is 0 Å². The van der Waals surface area contributed by atoms with Crippen LogP contribution in [0.5, 0.6) is 0 Å². The fourth-order valence-corrected chi connectivity index (χ4v) is 3.78. The predicted molar refractivity (Wildman–Crippen MR) is 84.1 cm³/mol. The summed E-state index contributed by atoms with van der Waals surface area (Å²) in [6, 6.07) is 10.9. The topological polar surface area (TPSA) is 27.1 Å². The second-order valence-corrected chi connectivity index (χ2v) is 6.49. The van der Waals surface area contributed by atoms with Gasteiger partial charge >= 0.3 is 0 Å². The average Bonchev–Trinajstić information content (AvgIpc) is 3.03. The first kappa shape index (κ1) is 13.7. The van der Waals surface area contributed by atoms with Gasteiger partial charge in [0.2, 0.25) is 0 Å². The molecule has 0 unspecified atom stereocenters. The van der Waals surface area contributed by atoms with Gasteiger partial charge in [0.15, 0.2) is 0 Å². The van der Waals surface area contributed by atoms with Gasteiger partial charge in [0.1, 0.15) is 0 Å². The molecule has 108 valence electrons. The molecule has 1 saturated heterocycles. The molecule has 0 atom stereocenters. The SMILES string of the molecule is N=C(C1CCCC1)N1CCC(Cc2ccccc2)CC1. The first-order chi connectivity index (χ1) is 9.83. The minimum atomic E-state index is 0.570. The number of benzene rings is 1. The first-order valence-electron chi connectivity index (χ1n) is 8.20. The Labute approximate surface area is 122 Å². The van der Waals surface area contributed by atoms with Crippen LogP contribution >= 0.6 is 0 Å². The van der Waals surface area contributed by atoms with Crippen molar-refractivity contribution in [1.29, 1.82) is 5.41 Å². The largest absolute Gasteiger partial charge is 0.360 e. The van der Waals surface area contributed by atoms with Crippen molar-refractivity contribution in [2.45, 2.75) is 44.9 Å². The summed E-state index contributed by atoms with van der Waals surface area (Å²) < 4.78 is 0. The fourth-order valence-electron chi connectivity index (χ4n) is 3.78. The van der Waals surface area contributed by atoms with Crippen LogP contribution in [-0.2, 0) is 6.42 Å². The third kappa shape index (κ3) is 3.23. The van der Waals surface area contributed by atoms with Gasteiger partial charge in [-0.1, -0.05) is 43.2 Å². The second kappa shape index (κ2) is 6.43. The number of nitrogens with one attached hydrogen (secondary N) is 1. The van der Waals surface area contributed by atoms with Crippen LogP contribution in [0.3, 0.4) is 0 Å². The fraction of sp³-hybridized carbons (Fsp3) is 0.611. The normalized spacial score (nSPS) is 21.3. The summed E-state index contributed by atoms with van der Waals surface area (Å²) in [5.74, 6) is 2.33. The molecule has 1 heterocycles. The maximum atomic E-state index is 8.39. The Balaban J connectivity index is 1.48. The lowest BCUT2D eigenvalue weighted by molar-refractivity contribution is 0.255. The van der Waals surface area contributed by atoms with E-state index in [0.717, 1.165) is 24.8 Å². The highest BCUT2D eigenvalue weighted by Gasteiger charge is 2.27. The molecule has 20 heavy (non-hydrogen) atoms. The maximum absolute atomic E-state index is 8.39. The molecule has 0 spiro atoms. The molecule has 0 radical (unpaired) electrons. The van der Waals surface area contributed by atoms with Crippen LogP contribution in [0.25, 0.3) is 0 Å². The van der Waals surface area contributed by atoms with Crippen LogP contribution in [0, 0.1) is 17.2 Å². The Hall–Kier alpha value is -1.31. The summed E-state index contributed by atoms with van der Waals surface area (Å²) in [6.07, 6.45) is 8.89. The molecule has 0 aromatic heterocycles. The van der Waals surface area contributed by atoms with Crippen molar-refractivity contribution in [3.05, 3.63) is 35.9 Å². The van der Waals surface area contributed by atoms with E-state index in [2.05, 4.69) is 35.2 Å². The highest BCUT2D eigenvalue weighted by molar-refractivity contribution is 5.82. The molecule has 1 N–H and O–H groups in total. The van der Waals surface area contributed by atoms with E-state index in [4.69, 9.17) is 5.41 Å². The average molecular weight is 270 g/mol. The van der Waals surface area contributed by atoms with Gasteiger partial charge in [0, 0.05) is 19.0 Å². The molecule has 1 aromatic rings. The number of rotatable bonds is 3. The third-order valence-corrected chi connectivity index (χ3v) is 5.06. The van der Waals surface area contributed by atoms with E-state index in [1.807, 2.05) is 0 Å². The number of amidine groups is 1. The molecule has 2 fully saturated rings. The summed E-state index contributed by atoms with van der Waals surface area (Å²) in [7, 11) is 0. The summed E-state index contributed by atoms with van der Waals surface area (Å²) in [5.41, 5.74) is 1.47. The van der Waals surface area contributed by atoms with Gasteiger partial charge in [-0.2, -0.15) is 0 Å². The molecule has 2 heteroatoms. The Bertz CT molecular complexity index is 426. The number of piperidine rings is 1. The Morgan fingerprint density at radius 3 is 2.30 bits per heavy atom. The van der Waals surface area contributed by atoms with Crippen molar-refractivity contribution >= 4 is 5.84 Å². The minimum Gasteiger partial charge on any atom is -0.360 e. The zero-order chi connectivity index (χ0) is 13.8. The molecular weight excluding hydrogens is 244 g/mol. The second-order valence-electron chi connectivity index (χ2n) is 6.49. The lowest BCUT2D eigenvalue weighted by Crippen LogP contribution is -2.41. The van der Waals surface area contributed by atoms with E-state index in [-0.39, 0.29) is 0 Å². The highest BCUT2D eigenvalue weighted by atomic mass is 15.2. The summed E-state index contributed by atoms with van der Waals surface area (Å²) in [5, 5.41) is 8.39. The zero-order valence-electron chi connectivity index (χ0n) is 12.4. The van der Waals surface area contributed by atoms with Crippen molar-refractivity contribution in [3.8, 4) is 0 Å². The predicted octanol–water partition coefficient (Wildman–Crippen LogP) is 4.11. The van der Waals surface area contributed by atoms with Crippen LogP contribution in [0.15, 0.2) is 30.3 Å². The smallest absolute Gasteiger partial charge is 0.0989 e. The minimum absolute atomic E-state index is 0.570. The Kier molecular flexibility index (Phi) is 4.39. The molecule has 1 aliphatic carbocycles. The lowest BCUT2D eigenvalue weighted by atomic mass is 9.89. The number of hydrogen-bond acceptors (Lipinski definition) is 1. The van der Waals surface area contributed by atoms with Crippen molar-refractivity contribution in [1.82, 2.24) is 4.90 Å². The molecule has 2 nitrogen and oxygen atoms in total. The van der Waals surface area contributed by atoms with Crippen LogP contribution in [0.4, 0.5) is 0 Å². The van der Waals surface area contributed by atoms with Crippen molar-refractivity contribution < 1.29 is 0 Å². The molecule has 1 aromatic carbocycles. The van der Waals surface area contributed by atoms with Crippen molar-refractivity contribution in [2.24, 2.45) is 11.8 Å². The summed E-state index contributed by atoms with van der Waals surface area (Å²) >= 11 is 0. The molecular formula is C18H26N2. The maximum Gasteiger partial charge on any atom is 0.0989 e. The van der Waals surface area contributed by atoms with Crippen molar-refractivity contribution in [2.75, 3.05) is 13.1 Å². The molecule has 0 amide bonds. The van der Waals surface area contributed by atoms with Gasteiger partial charge in [0.05, 0.1) is 5.84 Å². The van der Waals surface area contributed by atoms with Gasteiger partial charge in [-0.15, -0.1) is 0 Å². The third-order valence-electron chi connectivity index (χ3n) is 5.06. The monoisotopic (exact) mass is 270 g/mol. The van der Waals surface area contributed by atoms with E-state index in [1.165, 1.54) is 50.5 Å². The molecule has 2 aliphatic rings. The van der Waals surface area contributed by atoms with Gasteiger partial charge in [-0.25, -0.2) is 0 Å². The van der Waals surface area contributed by atoms with Crippen LogP contribution in [-0.4, -0.2) is 23.8 Å². The molecule has 0 bridgehead atoms. The number of nitrogens with zero attached hydrogens (tertiary/aromatic N) is 1. The van der Waals surface area contributed by atoms with Gasteiger partial charge in [-0.05, 0) is 43.6 Å². The van der Waals surface area contributed by atoms with Crippen LogP contribution < -0.4 is 0 Å². The van der Waals surface area contributed by atoms with E-state index in [1.54, 1.807) is 0 Å². The van der Waals surface area contributed by atoms with Crippen LogP contribution in [0.2, 0.25) is 0 Å². The van der Waals surface area contributed by atoms with E-state index in [9.17, 15) is 0 Å². The quantitative estimate of drug-likeness (QED) is 0.649. The first-order valence-corrected chi connectivity index (χ1v) is 8.20. The standard InChI is InChI=1S/C18H26N2/c19-18(17-8-4-5-9-17)20-12-10-16(11-13-20)14-15-6-2-1-3-7-15/h1-3,6-7,16-17,19H,4-5,8-14H2. The number of hydrogen-bond donors (Lipinski definition) is 1. The van der Waals surface area contributed by atoms with E-state index >= 15 is 0 Å². The van der Waals surface area contributed by atoms with E-state index in [0.29, 0.717) is 5.92 Å². The van der Waals surface area contributed by atoms with Crippen molar-refractivity contribution in [3.63, 3.8) is 0 Å². The molecule has 1 saturated carbocycles. The Morgan fingerprint density at radius 1 is 1.00 bits per heavy atom. The lowest BCUT2D eigenvalue weighted by Gasteiger charge is -2.35. The Morgan fingerprint density at radius 2 is 1.65 bits per heavy atom. The summed E-state index contributed by atoms with van der Waals surface area (Å²) in [6.45, 7) is 2.21. The molecule has 1 aliphatic heterocycles. The number of likely N-dealkylation sites (tertiary alicyclic amines) is 1. The van der Waals surface area contributed by atoms with Crippen LogP contribution in [0.1, 0.15) is 44.1 Å². The van der Waals surface area contributed by atoms with Gasteiger partial charge in [-0.3, -0.25) is 5.41 Å².